The van der Waals surface area contributed by atoms with Gasteiger partial charge in [0.15, 0.2) is 0 Å². The lowest BCUT2D eigenvalue weighted by atomic mass is 10.1. The number of benzene rings is 2. The van der Waals surface area contributed by atoms with Gasteiger partial charge >= 0.3 is 0 Å². The zero-order chi connectivity index (χ0) is 18.5. The molecule has 2 amide bonds. The number of halogens is 1. The second-order valence-electron chi connectivity index (χ2n) is 6.72. The average molecular weight is 371 g/mol. The number of anilines is 1. The predicted molar refractivity (Wildman–Crippen MR) is 104 cm³/mol. The largest absolute Gasteiger partial charge is 0.356 e. The van der Waals surface area contributed by atoms with Crippen LogP contribution >= 0.6 is 11.6 Å². The molecule has 0 saturated carbocycles. The van der Waals surface area contributed by atoms with Crippen LogP contribution in [0, 0.1) is 12.8 Å². The van der Waals surface area contributed by atoms with Crippen LogP contribution in [0.15, 0.2) is 48.5 Å². The molecule has 1 fully saturated rings. The third kappa shape index (κ3) is 4.44. The molecule has 4 nitrogen and oxygen atoms in total. The number of carbonyl (C=O) groups excluding carboxylic acids is 2. The average Bonchev–Trinajstić information content (AvgIpc) is 3.03. The molecule has 2 aromatic carbocycles. The highest BCUT2D eigenvalue weighted by Gasteiger charge is 2.35. The van der Waals surface area contributed by atoms with Gasteiger partial charge in [-0.1, -0.05) is 48.0 Å². The van der Waals surface area contributed by atoms with Crippen molar-refractivity contribution in [1.29, 1.82) is 0 Å². The van der Waals surface area contributed by atoms with Crippen molar-refractivity contribution in [3.8, 4) is 0 Å². The molecule has 136 valence electrons. The molecule has 0 radical (unpaired) electrons. The minimum absolute atomic E-state index is 0.0280. The molecular weight excluding hydrogens is 348 g/mol. The Labute approximate surface area is 159 Å². The van der Waals surface area contributed by atoms with Crippen molar-refractivity contribution < 1.29 is 9.59 Å². The summed E-state index contributed by atoms with van der Waals surface area (Å²) in [5.41, 5.74) is 3.04. The summed E-state index contributed by atoms with van der Waals surface area (Å²) < 4.78 is 0. The number of nitrogens with zero attached hydrogens (tertiary/aromatic N) is 1. The molecule has 0 aliphatic carbocycles. The number of hydrogen-bond acceptors (Lipinski definition) is 2. The maximum Gasteiger partial charge on any atom is 0.227 e. The summed E-state index contributed by atoms with van der Waals surface area (Å²) in [5, 5.41) is 3.56. The predicted octanol–water partition coefficient (Wildman–Crippen LogP) is 3.75. The third-order valence-electron chi connectivity index (χ3n) is 4.74. The van der Waals surface area contributed by atoms with Crippen LogP contribution in [-0.2, 0) is 16.0 Å². The van der Waals surface area contributed by atoms with Gasteiger partial charge in [0, 0.05) is 30.2 Å². The van der Waals surface area contributed by atoms with Crippen molar-refractivity contribution in [3.05, 3.63) is 64.7 Å². The molecule has 0 spiro atoms. The van der Waals surface area contributed by atoms with Crippen molar-refractivity contribution in [1.82, 2.24) is 5.32 Å². The van der Waals surface area contributed by atoms with E-state index in [0.717, 1.165) is 24.1 Å². The van der Waals surface area contributed by atoms with E-state index in [4.69, 9.17) is 11.6 Å². The van der Waals surface area contributed by atoms with Gasteiger partial charge < -0.3 is 10.2 Å². The van der Waals surface area contributed by atoms with Gasteiger partial charge in [0.2, 0.25) is 11.8 Å². The molecule has 5 heteroatoms. The van der Waals surface area contributed by atoms with Crippen LogP contribution in [0.1, 0.15) is 24.0 Å². The molecule has 1 atom stereocenters. The quantitative estimate of drug-likeness (QED) is 0.787. The summed E-state index contributed by atoms with van der Waals surface area (Å²) in [5.74, 6) is -0.383. The van der Waals surface area contributed by atoms with Crippen LogP contribution in [0.3, 0.4) is 0 Å². The molecule has 1 heterocycles. The summed E-state index contributed by atoms with van der Waals surface area (Å²) >= 11 is 6.06. The van der Waals surface area contributed by atoms with Gasteiger partial charge in [-0.25, -0.2) is 0 Å². The van der Waals surface area contributed by atoms with Crippen LogP contribution in [0.4, 0.5) is 5.69 Å². The minimum Gasteiger partial charge on any atom is -0.356 e. The highest BCUT2D eigenvalue weighted by molar-refractivity contribution is 6.31. The normalized spacial score (nSPS) is 16.8. The monoisotopic (exact) mass is 370 g/mol. The molecule has 1 N–H and O–H groups in total. The van der Waals surface area contributed by atoms with Crippen molar-refractivity contribution in [2.24, 2.45) is 5.92 Å². The van der Waals surface area contributed by atoms with Gasteiger partial charge in [0.05, 0.1) is 5.92 Å². The van der Waals surface area contributed by atoms with Crippen molar-refractivity contribution >= 4 is 29.1 Å². The summed E-state index contributed by atoms with van der Waals surface area (Å²) in [6.07, 6.45) is 2.06. The van der Waals surface area contributed by atoms with E-state index >= 15 is 0 Å². The fraction of sp³-hybridized carbons (Fsp3) is 0.333. The third-order valence-corrected chi connectivity index (χ3v) is 4.98. The molecule has 2 aromatic rings. The van der Waals surface area contributed by atoms with Gasteiger partial charge in [-0.2, -0.15) is 0 Å². The summed E-state index contributed by atoms with van der Waals surface area (Å²) in [7, 11) is 0. The second kappa shape index (κ2) is 8.37. The highest BCUT2D eigenvalue weighted by atomic mass is 35.5. The molecule has 3 rings (SSSR count). The van der Waals surface area contributed by atoms with Gasteiger partial charge in [-0.05, 0) is 43.0 Å². The molecule has 0 bridgehead atoms. The Morgan fingerprint density at radius 1 is 1.23 bits per heavy atom. The molecule has 1 aliphatic rings. The first-order chi connectivity index (χ1) is 12.5. The maximum absolute atomic E-state index is 12.4. The lowest BCUT2D eigenvalue weighted by Gasteiger charge is -2.19. The fourth-order valence-corrected chi connectivity index (χ4v) is 3.45. The van der Waals surface area contributed by atoms with E-state index in [1.807, 2.05) is 31.2 Å². The van der Waals surface area contributed by atoms with Gasteiger partial charge in [0.25, 0.3) is 0 Å². The van der Waals surface area contributed by atoms with E-state index in [-0.39, 0.29) is 24.2 Å². The van der Waals surface area contributed by atoms with E-state index in [2.05, 4.69) is 17.4 Å². The Bertz CT molecular complexity index is 792. The van der Waals surface area contributed by atoms with Gasteiger partial charge in [-0.15, -0.1) is 0 Å². The fourth-order valence-electron chi connectivity index (χ4n) is 3.28. The first kappa shape index (κ1) is 18.5. The zero-order valence-corrected chi connectivity index (χ0v) is 15.6. The molecule has 0 aromatic heterocycles. The van der Waals surface area contributed by atoms with Crippen LogP contribution in [-0.4, -0.2) is 24.9 Å². The number of amides is 2. The van der Waals surface area contributed by atoms with Crippen LogP contribution in [0.25, 0.3) is 0 Å². The molecule has 1 unspecified atom stereocenters. The Kier molecular flexibility index (Phi) is 5.94. The molecule has 26 heavy (non-hydrogen) atoms. The van der Waals surface area contributed by atoms with Crippen LogP contribution < -0.4 is 10.2 Å². The van der Waals surface area contributed by atoms with Crippen molar-refractivity contribution in [3.63, 3.8) is 0 Å². The number of rotatable bonds is 6. The minimum atomic E-state index is -0.308. The number of nitrogens with one attached hydrogen (secondary N) is 1. The van der Waals surface area contributed by atoms with E-state index in [1.54, 1.807) is 17.0 Å². The van der Waals surface area contributed by atoms with E-state index < -0.39 is 0 Å². The first-order valence-electron chi connectivity index (χ1n) is 8.93. The summed E-state index contributed by atoms with van der Waals surface area (Å²) in [4.78, 5) is 26.5. The lowest BCUT2D eigenvalue weighted by molar-refractivity contribution is -0.126. The molecule has 1 aliphatic heterocycles. The Balaban J connectivity index is 1.51. The summed E-state index contributed by atoms with van der Waals surface area (Å²) in [6, 6.07) is 15.7. The highest BCUT2D eigenvalue weighted by Crippen LogP contribution is 2.30. The van der Waals surface area contributed by atoms with E-state index in [1.165, 1.54) is 5.56 Å². The van der Waals surface area contributed by atoms with Gasteiger partial charge in [-0.3, -0.25) is 9.59 Å². The standard InChI is InChI=1S/C21H23ClN2O2/c1-15-9-10-18(22)13-19(15)24-14-17(12-20(24)25)21(26)23-11-5-8-16-6-3-2-4-7-16/h2-4,6-7,9-10,13,17H,5,8,11-12,14H2,1H3,(H,23,26). The topological polar surface area (TPSA) is 49.4 Å². The number of hydrogen-bond donors (Lipinski definition) is 1. The first-order valence-corrected chi connectivity index (χ1v) is 9.30. The number of aryl methyl sites for hydroxylation is 2. The maximum atomic E-state index is 12.4. The smallest absolute Gasteiger partial charge is 0.227 e. The lowest BCUT2D eigenvalue weighted by Crippen LogP contribution is -2.33. The zero-order valence-electron chi connectivity index (χ0n) is 14.9. The summed E-state index contributed by atoms with van der Waals surface area (Å²) in [6.45, 7) is 2.97. The van der Waals surface area contributed by atoms with Crippen molar-refractivity contribution in [2.75, 3.05) is 18.0 Å². The molecule has 1 saturated heterocycles. The Morgan fingerprint density at radius 3 is 2.77 bits per heavy atom. The van der Waals surface area contributed by atoms with Crippen LogP contribution in [0.5, 0.6) is 0 Å². The number of carbonyl (C=O) groups is 2. The van der Waals surface area contributed by atoms with E-state index in [9.17, 15) is 9.59 Å². The van der Waals surface area contributed by atoms with Crippen LogP contribution in [0.2, 0.25) is 5.02 Å². The molecular formula is C21H23ClN2O2. The van der Waals surface area contributed by atoms with Crippen molar-refractivity contribution in [2.45, 2.75) is 26.2 Å². The Morgan fingerprint density at radius 2 is 2.00 bits per heavy atom. The van der Waals surface area contributed by atoms with E-state index in [0.29, 0.717) is 18.1 Å². The SMILES string of the molecule is Cc1ccc(Cl)cc1N1CC(C(=O)NCCCc2ccccc2)CC1=O. The second-order valence-corrected chi connectivity index (χ2v) is 7.15. The Hall–Kier alpha value is -2.33. The van der Waals surface area contributed by atoms with Gasteiger partial charge in [0.1, 0.15) is 0 Å².